The first-order valence-electron chi connectivity index (χ1n) is 36.6. The quantitative estimate of drug-likeness (QED) is 0.0102. The van der Waals surface area contributed by atoms with Crippen LogP contribution < -0.4 is 36.1 Å². The molecule has 1 spiro atoms. The monoisotopic (exact) mass is 1460 g/mol. The van der Waals surface area contributed by atoms with Crippen molar-refractivity contribution in [2.45, 2.75) is 227 Å². The summed E-state index contributed by atoms with van der Waals surface area (Å²) in [6.07, 6.45) is 6.72. The fourth-order valence-corrected chi connectivity index (χ4v) is 27.5. The molecule has 5 aliphatic heterocycles. The molecule has 1 aliphatic carbocycles. The van der Waals surface area contributed by atoms with Gasteiger partial charge in [0.15, 0.2) is 14.1 Å². The van der Waals surface area contributed by atoms with Crippen LogP contribution in [0, 0.1) is 11.3 Å². The Morgan fingerprint density at radius 3 is 2.12 bits per heavy atom. The number of aliphatic hydroxyl groups is 3. The number of carbonyl (C=O) groups is 8. The maximum absolute atomic E-state index is 14.8. The number of rotatable bonds is 31. The number of anilines is 1. The number of hydrogen-bond donors (Lipinski definition) is 12. The van der Waals surface area contributed by atoms with Gasteiger partial charge in [-0.05, 0) is 165 Å². The minimum absolute atomic E-state index is 0.00762. The van der Waals surface area contributed by atoms with Gasteiger partial charge in [-0.15, -0.1) is 0 Å². The Morgan fingerprint density at radius 2 is 1.48 bits per heavy atom. The molecule has 2 saturated heterocycles. The van der Waals surface area contributed by atoms with Gasteiger partial charge in [-0.25, -0.2) is 14.4 Å². The summed E-state index contributed by atoms with van der Waals surface area (Å²) in [5, 5.41) is 89.9. The number of aliphatic hydroxyl groups excluding tert-OH is 1. The molecule has 12 N–H and O–H groups in total. The van der Waals surface area contributed by atoms with Crippen LogP contribution in [0.25, 0.3) is 10.9 Å². The number of piperidine rings is 1. The zero-order chi connectivity index (χ0) is 75.2. The van der Waals surface area contributed by atoms with E-state index in [1.54, 1.807) is 19.2 Å². The average molecular weight is 1460 g/mol. The maximum Gasteiger partial charge on any atom is 0.329 e. The summed E-state index contributed by atoms with van der Waals surface area (Å²) >= 11 is 0. The van der Waals surface area contributed by atoms with Crippen LogP contribution >= 0.6 is 0 Å². The molecule has 4 aromatic rings. The molecule has 2 bridgehead atoms. The smallest absolute Gasteiger partial charge is 0.329 e. The van der Waals surface area contributed by atoms with Crippen LogP contribution in [0.5, 0.6) is 5.75 Å². The second-order valence-corrected chi connectivity index (χ2v) is 40.5. The molecule has 10 rings (SSSR count). The van der Waals surface area contributed by atoms with Crippen LogP contribution in [0.3, 0.4) is 0 Å². The lowest BCUT2D eigenvalue weighted by molar-refractivity contribution is -0.201. The van der Waals surface area contributed by atoms with Crippen molar-refractivity contribution in [2.75, 3.05) is 58.3 Å². The number of fused-ring (bicyclic) bond motifs is 6. The second kappa shape index (κ2) is 29.8. The van der Waals surface area contributed by atoms with Crippen molar-refractivity contribution in [2.24, 2.45) is 11.3 Å². The maximum atomic E-state index is 14.8. The van der Waals surface area contributed by atoms with Crippen LogP contribution in [0.15, 0.2) is 72.8 Å². The van der Waals surface area contributed by atoms with Crippen molar-refractivity contribution in [3.63, 3.8) is 0 Å². The van der Waals surface area contributed by atoms with Gasteiger partial charge in [0.25, 0.3) is 0 Å². The van der Waals surface area contributed by atoms with Crippen LogP contribution in [0.4, 0.5) is 10.5 Å². The number of nitrogens with zero attached hydrogens (tertiary/aromatic N) is 3. The number of carboxylic acids is 4. The van der Waals surface area contributed by atoms with E-state index in [9.17, 15) is 69.0 Å². The number of nitrogens with one attached hydrogen (secondary N) is 5. The predicted molar refractivity (Wildman–Crippen MR) is 394 cm³/mol. The minimum atomic E-state index is -2.86. The van der Waals surface area contributed by atoms with Gasteiger partial charge in [0.1, 0.15) is 28.5 Å². The molecule has 3 fully saturated rings. The Kier molecular flexibility index (Phi) is 22.6. The molecule has 25 nitrogen and oxygen atoms in total. The van der Waals surface area contributed by atoms with E-state index < -0.39 is 128 Å². The number of unbranched alkanes of at least 4 members (excludes halogenated alkanes) is 2. The number of carboxylic acid groups (broad SMARTS) is 4. The molecule has 3 unspecified atom stereocenters. The second-order valence-electron chi connectivity index (χ2n) is 32.2. The van der Waals surface area contributed by atoms with Crippen LogP contribution in [0.1, 0.15) is 164 Å². The van der Waals surface area contributed by atoms with E-state index in [-0.39, 0.29) is 62.4 Å². The highest BCUT2D eigenvalue weighted by Gasteiger charge is 2.76. The molecule has 562 valence electrons. The van der Waals surface area contributed by atoms with Crippen LogP contribution in [0.2, 0.25) is 32.2 Å². The van der Waals surface area contributed by atoms with Gasteiger partial charge in [-0.1, -0.05) is 74.9 Å². The Labute approximate surface area is 605 Å². The lowest BCUT2D eigenvalue weighted by Gasteiger charge is -2.64. The van der Waals surface area contributed by atoms with E-state index in [1.165, 1.54) is 10.9 Å². The van der Waals surface area contributed by atoms with Crippen molar-refractivity contribution < 1.29 is 83.0 Å². The van der Waals surface area contributed by atoms with Crippen LogP contribution in [-0.2, 0) is 50.1 Å². The Hall–Kier alpha value is -7.51. The standard InChI is InChI=1S/C76H108N8O17Si2/c1-12-73(98)43-47-42-70(3,62-51(30-38-83(44-47)46-73)50-20-16-17-21-54(50)79-62)53-40-52-56(41-58(53)100-7)82(6)65-75(52)35-39-84-37-19-31-74(13-2,64(75)84)66(92)76(65,99)34-27-57(85)48-23-25-49(26-24-48)103(10,11)101-102(8,9)45-55(63(90)91)78-60(87)22-15-14-18-36-77-59(86)28-32-71(4,67(93)94)80-69(97)81-72(5,68(95)96)33-29-61(88)89/h16-17,19-21,23-26,31,40-41,47,55,64-66,79,92,98-99H,12-15,18,22,27-30,32-39,42-46H2,1-11H3,(H,77,86)(H,78,87)(H,88,89)(H,90,91)(H,93,94)(H,95,96)(H2,80,81,97)/t47-,55?,64+,65+,66?,70+,71-,72-,73-,74+,75+,76-/m0/s1. The highest BCUT2D eigenvalue weighted by atomic mass is 28.4. The number of likely N-dealkylation sites (N-methyl/N-ethyl adjacent to an activating group) is 1. The van der Waals surface area contributed by atoms with Gasteiger partial charge in [0.05, 0.1) is 24.9 Å². The third-order valence-corrected chi connectivity index (χ3v) is 31.5. The van der Waals surface area contributed by atoms with E-state index in [0.717, 1.165) is 91.7 Å². The van der Waals surface area contributed by atoms with Crippen molar-refractivity contribution >= 4 is 85.9 Å². The first kappa shape index (κ1) is 78.1. The fourth-order valence-electron chi connectivity index (χ4n) is 19.0. The zero-order valence-electron chi connectivity index (χ0n) is 61.6. The molecule has 13 atom stereocenters. The van der Waals surface area contributed by atoms with E-state index in [2.05, 4.69) is 110 Å². The average Bonchev–Trinajstić information content (AvgIpc) is 1.50. The molecule has 0 radical (unpaired) electrons. The molecule has 4 amide bonds. The van der Waals surface area contributed by atoms with Gasteiger partial charge >= 0.3 is 29.9 Å². The number of urea groups is 1. The first-order chi connectivity index (χ1) is 48.4. The Balaban J connectivity index is 0.778. The van der Waals surface area contributed by atoms with Gasteiger partial charge in [-0.3, -0.25) is 33.8 Å². The molecule has 3 aromatic carbocycles. The summed E-state index contributed by atoms with van der Waals surface area (Å²) in [6, 6.07) is 17.3. The molecule has 27 heteroatoms. The van der Waals surface area contributed by atoms with E-state index in [1.807, 2.05) is 45.4 Å². The SMILES string of the molecule is CC[C@]1(O)C[C@H]2CN(CCc3c([nH]c4ccccc34)[C@@](C)(c3cc4c(cc3OC)N(C)[C@@H]3[C@]45CCN4CC=C[C@@](CC)(C(O)[C@]3(O)CCC(=O)c3ccc([Si](C)(C)O[Si](C)(C)CC(NC(=O)CCCCCNC(=O)CC[C@](C)(NC(=O)N[C@@](C)(CCC(=O)O)C(=O)O)C(=O)O)C(=O)O)cc3)[C@@H]45)C2)C1. The highest BCUT2D eigenvalue weighted by Crippen LogP contribution is 2.68. The number of carbonyl (C=O) groups excluding carboxylic acids is 4. The zero-order valence-corrected chi connectivity index (χ0v) is 63.6. The summed E-state index contributed by atoms with van der Waals surface area (Å²) in [7, 11) is -1.91. The lowest BCUT2D eigenvalue weighted by Crippen LogP contribution is -2.78. The van der Waals surface area contributed by atoms with Crippen molar-refractivity contribution in [1.29, 1.82) is 0 Å². The third-order valence-electron chi connectivity index (χ3n) is 24.1. The largest absolute Gasteiger partial charge is 0.496 e. The van der Waals surface area contributed by atoms with Crippen LogP contribution in [-0.4, -0.2) is 215 Å². The number of H-pyrrole nitrogens is 1. The number of aliphatic carboxylic acids is 4. The molecular weight excluding hydrogens is 1350 g/mol. The molecule has 1 aromatic heterocycles. The van der Waals surface area contributed by atoms with Gasteiger partial charge in [0.2, 0.25) is 20.1 Å². The Morgan fingerprint density at radius 1 is 0.796 bits per heavy atom. The number of aromatic amines is 1. The molecule has 6 aliphatic rings. The van der Waals surface area contributed by atoms with Crippen molar-refractivity contribution in [1.82, 2.24) is 36.1 Å². The molecule has 1 saturated carbocycles. The summed E-state index contributed by atoms with van der Waals surface area (Å²) in [4.78, 5) is 112. The molecule has 6 heterocycles. The predicted octanol–water partition coefficient (Wildman–Crippen LogP) is 7.27. The summed E-state index contributed by atoms with van der Waals surface area (Å²) in [5.74, 6) is -5.82. The summed E-state index contributed by atoms with van der Waals surface area (Å²) in [6.45, 7) is 20.6. The first-order valence-corrected chi connectivity index (χ1v) is 42.6. The third kappa shape index (κ3) is 15.2. The fraction of sp³-hybridized carbons (Fsp3) is 0.605. The van der Waals surface area contributed by atoms with Gasteiger partial charge in [-0.2, -0.15) is 0 Å². The number of hydrogen-bond acceptors (Lipinski definition) is 16. The normalized spacial score (nSPS) is 27.9. The van der Waals surface area contributed by atoms with Gasteiger partial charge < -0.3 is 75.7 Å². The molecular formula is C76H108N8O17Si2. The number of benzene rings is 3. The topological polar surface area (TPSA) is 370 Å². The molecule has 103 heavy (non-hydrogen) atoms. The van der Waals surface area contributed by atoms with E-state index >= 15 is 0 Å². The lowest BCUT2D eigenvalue weighted by atomic mass is 9.47. The number of ketones is 1. The number of para-hydroxylation sites is 1. The van der Waals surface area contributed by atoms with Gasteiger partial charge in [0, 0.05) is 127 Å². The van der Waals surface area contributed by atoms with Crippen molar-refractivity contribution in [3.8, 4) is 5.75 Å². The number of ether oxygens (including phenoxy) is 1. The highest BCUT2D eigenvalue weighted by molar-refractivity contribution is 6.92. The summed E-state index contributed by atoms with van der Waals surface area (Å²) < 4.78 is 13.5. The minimum Gasteiger partial charge on any atom is -0.496 e. The number of amides is 4. The Bertz CT molecular complexity index is 3940. The number of methoxy groups -OCH3 is 1. The number of aromatic nitrogens is 1. The van der Waals surface area contributed by atoms with E-state index in [4.69, 9.17) is 14.0 Å². The van der Waals surface area contributed by atoms with E-state index in [0.29, 0.717) is 57.2 Å². The summed E-state index contributed by atoms with van der Waals surface area (Å²) in [5.41, 5.74) is -1.75. The van der Waals surface area contributed by atoms with Crippen molar-refractivity contribution in [3.05, 3.63) is 101 Å². The number of Topliss-reactive ketones (excluding diaryl/α,β-unsaturated/α-hetero) is 1.